The minimum absolute atomic E-state index is 0. The number of nitrogens with two attached hydrogens (primary N) is 1. The maximum atomic E-state index is 12.1. The zero-order valence-electron chi connectivity index (χ0n) is 12.3. The van der Waals surface area contributed by atoms with E-state index in [4.69, 9.17) is 5.73 Å². The Morgan fingerprint density at radius 1 is 1.35 bits per heavy atom. The van der Waals surface area contributed by atoms with Gasteiger partial charge in [-0.2, -0.15) is 0 Å². The van der Waals surface area contributed by atoms with E-state index in [1.54, 1.807) is 0 Å². The molecule has 0 saturated carbocycles. The Kier molecular flexibility index (Phi) is 6.50. The van der Waals surface area contributed by atoms with E-state index in [2.05, 4.69) is 38.1 Å². The second-order valence-electron chi connectivity index (χ2n) is 5.41. The molecule has 1 aliphatic rings. The molecule has 2 unspecified atom stereocenters. The molecular formula is C16H25ClN2O. The molecule has 0 spiro atoms. The first-order valence-corrected chi connectivity index (χ1v) is 7.23. The predicted molar refractivity (Wildman–Crippen MR) is 85.2 cm³/mol. The smallest absolute Gasteiger partial charge is 0.224 e. The van der Waals surface area contributed by atoms with Crippen molar-refractivity contribution in [3.8, 4) is 0 Å². The molecule has 1 aromatic carbocycles. The Hall–Kier alpha value is -1.06. The highest BCUT2D eigenvalue weighted by Gasteiger charge is 2.35. The number of halogens is 1. The molecule has 3 nitrogen and oxygen atoms in total. The van der Waals surface area contributed by atoms with Crippen molar-refractivity contribution >= 4 is 18.3 Å². The lowest BCUT2D eigenvalue weighted by atomic mass is 9.90. The van der Waals surface area contributed by atoms with Crippen LogP contribution in [0.15, 0.2) is 24.3 Å². The Morgan fingerprint density at radius 2 is 2.00 bits per heavy atom. The molecule has 2 N–H and O–H groups in total. The molecule has 1 heterocycles. The molecule has 0 bridgehead atoms. The Balaban J connectivity index is 0.00000200. The Bertz CT molecular complexity index is 433. The summed E-state index contributed by atoms with van der Waals surface area (Å²) in [6.07, 6.45) is 2.55. The van der Waals surface area contributed by atoms with Crippen molar-refractivity contribution in [2.24, 2.45) is 5.73 Å². The van der Waals surface area contributed by atoms with E-state index >= 15 is 0 Å². The molecule has 1 fully saturated rings. The minimum atomic E-state index is 0. The van der Waals surface area contributed by atoms with Crippen molar-refractivity contribution in [3.63, 3.8) is 0 Å². The van der Waals surface area contributed by atoms with Gasteiger partial charge < -0.3 is 10.6 Å². The van der Waals surface area contributed by atoms with Gasteiger partial charge in [-0.15, -0.1) is 12.4 Å². The van der Waals surface area contributed by atoms with Crippen LogP contribution in [0.2, 0.25) is 0 Å². The number of carbonyl (C=O) groups excluding carboxylic acids is 1. The van der Waals surface area contributed by atoms with Crippen LogP contribution in [0.5, 0.6) is 0 Å². The number of hydrogen-bond donors (Lipinski definition) is 1. The highest BCUT2D eigenvalue weighted by molar-refractivity contribution is 5.85. The first-order chi connectivity index (χ1) is 9.17. The Morgan fingerprint density at radius 3 is 2.55 bits per heavy atom. The average molecular weight is 297 g/mol. The van der Waals surface area contributed by atoms with Gasteiger partial charge >= 0.3 is 0 Å². The normalized spacial score (nSPS) is 21.6. The van der Waals surface area contributed by atoms with E-state index in [-0.39, 0.29) is 18.3 Å². The number of aryl methyl sites for hydroxylation is 1. The molecule has 1 aliphatic heterocycles. The highest BCUT2D eigenvalue weighted by Crippen LogP contribution is 2.35. The number of amides is 1. The van der Waals surface area contributed by atoms with Crippen LogP contribution in [0.1, 0.15) is 43.2 Å². The van der Waals surface area contributed by atoms with E-state index in [0.29, 0.717) is 24.9 Å². The fourth-order valence-electron chi connectivity index (χ4n) is 3.14. The lowest BCUT2D eigenvalue weighted by Gasteiger charge is -2.27. The third-order valence-corrected chi connectivity index (χ3v) is 4.15. The van der Waals surface area contributed by atoms with E-state index in [9.17, 15) is 4.79 Å². The number of nitrogens with zero attached hydrogens (tertiary/aromatic N) is 1. The molecule has 1 saturated heterocycles. The van der Waals surface area contributed by atoms with E-state index in [0.717, 1.165) is 19.4 Å². The predicted octanol–water partition coefficient (Wildman–Crippen LogP) is 2.86. The molecule has 2 atom stereocenters. The second kappa shape index (κ2) is 7.65. The van der Waals surface area contributed by atoms with Crippen LogP contribution in [0.3, 0.4) is 0 Å². The third-order valence-electron chi connectivity index (χ3n) is 4.15. The van der Waals surface area contributed by atoms with Crippen LogP contribution >= 0.6 is 12.4 Å². The van der Waals surface area contributed by atoms with Crippen molar-refractivity contribution in [1.82, 2.24) is 4.90 Å². The van der Waals surface area contributed by atoms with E-state index in [1.165, 1.54) is 11.1 Å². The standard InChI is InChI=1S/C16H24N2O.ClH/c1-3-15-14(13-6-4-12(2)5-7-13)9-11-18(15)16(19)8-10-17;/h4-7,14-15H,3,8-11,17H2,1-2H3;1H. The van der Waals surface area contributed by atoms with Gasteiger partial charge in [0.1, 0.15) is 0 Å². The summed E-state index contributed by atoms with van der Waals surface area (Å²) in [5, 5.41) is 0. The van der Waals surface area contributed by atoms with E-state index < -0.39 is 0 Å². The van der Waals surface area contributed by atoms with Gasteiger partial charge in [-0.25, -0.2) is 0 Å². The van der Waals surface area contributed by atoms with Crippen LogP contribution in [0.25, 0.3) is 0 Å². The van der Waals surface area contributed by atoms with Crippen LogP contribution in [0.4, 0.5) is 0 Å². The van der Waals surface area contributed by atoms with Crippen molar-refractivity contribution < 1.29 is 4.79 Å². The van der Waals surface area contributed by atoms with Gasteiger partial charge in [-0.1, -0.05) is 36.8 Å². The summed E-state index contributed by atoms with van der Waals surface area (Å²) in [6.45, 7) is 5.59. The number of likely N-dealkylation sites (tertiary alicyclic amines) is 1. The lowest BCUT2D eigenvalue weighted by Crippen LogP contribution is -2.37. The van der Waals surface area contributed by atoms with Crippen molar-refractivity contribution in [3.05, 3.63) is 35.4 Å². The summed E-state index contributed by atoms with van der Waals surface area (Å²) in [6, 6.07) is 9.07. The van der Waals surface area contributed by atoms with Crippen molar-refractivity contribution in [2.45, 2.75) is 45.1 Å². The zero-order chi connectivity index (χ0) is 13.8. The molecule has 0 aliphatic carbocycles. The lowest BCUT2D eigenvalue weighted by molar-refractivity contribution is -0.131. The zero-order valence-corrected chi connectivity index (χ0v) is 13.2. The van der Waals surface area contributed by atoms with Gasteiger partial charge in [0.15, 0.2) is 0 Å². The van der Waals surface area contributed by atoms with Gasteiger partial charge in [-0.3, -0.25) is 4.79 Å². The molecule has 2 rings (SSSR count). The summed E-state index contributed by atoms with van der Waals surface area (Å²) in [4.78, 5) is 14.1. The number of hydrogen-bond acceptors (Lipinski definition) is 2. The molecular weight excluding hydrogens is 272 g/mol. The molecule has 112 valence electrons. The summed E-state index contributed by atoms with van der Waals surface area (Å²) in [5.41, 5.74) is 8.14. The minimum Gasteiger partial charge on any atom is -0.339 e. The molecule has 4 heteroatoms. The monoisotopic (exact) mass is 296 g/mol. The molecule has 0 radical (unpaired) electrons. The number of rotatable bonds is 4. The maximum absolute atomic E-state index is 12.1. The van der Waals surface area contributed by atoms with Crippen molar-refractivity contribution in [2.75, 3.05) is 13.1 Å². The highest BCUT2D eigenvalue weighted by atomic mass is 35.5. The van der Waals surface area contributed by atoms with E-state index in [1.807, 2.05) is 4.90 Å². The fraction of sp³-hybridized carbons (Fsp3) is 0.562. The average Bonchev–Trinajstić information content (AvgIpc) is 2.83. The number of carbonyl (C=O) groups is 1. The van der Waals surface area contributed by atoms with Crippen LogP contribution in [-0.2, 0) is 4.79 Å². The Labute approximate surface area is 127 Å². The van der Waals surface area contributed by atoms with Crippen molar-refractivity contribution in [1.29, 1.82) is 0 Å². The van der Waals surface area contributed by atoms with Gasteiger partial charge in [-0.05, 0) is 25.3 Å². The maximum Gasteiger partial charge on any atom is 0.224 e. The molecule has 1 amide bonds. The molecule has 0 aromatic heterocycles. The number of benzene rings is 1. The topological polar surface area (TPSA) is 46.3 Å². The summed E-state index contributed by atoms with van der Waals surface area (Å²) >= 11 is 0. The first kappa shape index (κ1) is 17.0. The first-order valence-electron chi connectivity index (χ1n) is 7.23. The van der Waals surface area contributed by atoms with Crippen LogP contribution in [0, 0.1) is 6.92 Å². The summed E-state index contributed by atoms with van der Waals surface area (Å²) < 4.78 is 0. The fourth-order valence-corrected chi connectivity index (χ4v) is 3.14. The van der Waals surface area contributed by atoms with Crippen LogP contribution < -0.4 is 5.73 Å². The van der Waals surface area contributed by atoms with Crippen LogP contribution in [-0.4, -0.2) is 29.9 Å². The third kappa shape index (κ3) is 3.53. The van der Waals surface area contributed by atoms with Gasteiger partial charge in [0.25, 0.3) is 0 Å². The summed E-state index contributed by atoms with van der Waals surface area (Å²) in [7, 11) is 0. The van der Waals surface area contributed by atoms with Gasteiger partial charge in [0, 0.05) is 31.5 Å². The molecule has 1 aromatic rings. The van der Waals surface area contributed by atoms with Gasteiger partial charge in [0.05, 0.1) is 0 Å². The second-order valence-corrected chi connectivity index (χ2v) is 5.41. The summed E-state index contributed by atoms with van der Waals surface area (Å²) in [5.74, 6) is 0.691. The van der Waals surface area contributed by atoms with Gasteiger partial charge in [0.2, 0.25) is 5.91 Å². The molecule has 20 heavy (non-hydrogen) atoms. The SMILES string of the molecule is CCC1C(c2ccc(C)cc2)CCN1C(=O)CCN.Cl. The largest absolute Gasteiger partial charge is 0.339 e. The quantitative estimate of drug-likeness (QED) is 0.928.